The molecule has 0 aliphatic carbocycles. The fourth-order valence-electron chi connectivity index (χ4n) is 2.85. The van der Waals surface area contributed by atoms with E-state index in [1.807, 2.05) is 7.05 Å². The lowest BCUT2D eigenvalue weighted by molar-refractivity contribution is -0.115. The number of aromatic nitrogens is 2. The Labute approximate surface area is 138 Å². The third-order valence-corrected chi connectivity index (χ3v) is 4.69. The number of hydrogen-bond donors (Lipinski definition) is 2. The summed E-state index contributed by atoms with van der Waals surface area (Å²) in [5, 5.41) is 5.12. The summed E-state index contributed by atoms with van der Waals surface area (Å²) in [7, 11) is 1.97. The third-order valence-electron chi connectivity index (χ3n) is 3.88. The Hall–Kier alpha value is -1.93. The van der Waals surface area contributed by atoms with E-state index in [9.17, 15) is 9.59 Å². The number of carbonyl (C=O) groups excluding carboxylic acids is 2. The summed E-state index contributed by atoms with van der Waals surface area (Å²) in [5.41, 5.74) is 0.637. The molecule has 2 fully saturated rings. The molecule has 8 heteroatoms. The van der Waals surface area contributed by atoms with Crippen LogP contribution in [0.2, 0.25) is 0 Å². The van der Waals surface area contributed by atoms with Gasteiger partial charge in [0.1, 0.15) is 0 Å². The van der Waals surface area contributed by atoms with Crippen LogP contribution in [0.3, 0.4) is 0 Å². The molecule has 2 N–H and O–H groups in total. The molecule has 3 rings (SSSR count). The van der Waals surface area contributed by atoms with Gasteiger partial charge in [-0.15, -0.1) is 0 Å². The van der Waals surface area contributed by atoms with Crippen molar-refractivity contribution in [3.63, 3.8) is 0 Å². The quantitative estimate of drug-likeness (QED) is 0.802. The van der Waals surface area contributed by atoms with Crippen LogP contribution in [0.25, 0.3) is 6.08 Å². The van der Waals surface area contributed by atoms with Gasteiger partial charge in [-0.2, -0.15) is 0 Å². The van der Waals surface area contributed by atoms with Gasteiger partial charge in [-0.1, -0.05) is 0 Å². The van der Waals surface area contributed by atoms with Crippen LogP contribution in [-0.4, -0.2) is 47.8 Å². The molecule has 1 aromatic heterocycles. The molecule has 0 saturated carbocycles. The second kappa shape index (κ2) is 7.10. The van der Waals surface area contributed by atoms with Crippen molar-refractivity contribution in [1.82, 2.24) is 20.6 Å². The molecule has 2 amide bonds. The Bertz CT molecular complexity index is 647. The molecule has 3 heterocycles. The summed E-state index contributed by atoms with van der Waals surface area (Å²) >= 11 is 0.896. The summed E-state index contributed by atoms with van der Waals surface area (Å²) in [6, 6.07) is 1.74. The summed E-state index contributed by atoms with van der Waals surface area (Å²) in [6.45, 7) is 2.85. The first-order chi connectivity index (χ1) is 11.2. The van der Waals surface area contributed by atoms with Crippen LogP contribution in [0.5, 0.6) is 0 Å². The summed E-state index contributed by atoms with van der Waals surface area (Å²) in [5.74, 6) is 0.898. The topological polar surface area (TPSA) is 87.2 Å². The van der Waals surface area contributed by atoms with E-state index in [0.717, 1.165) is 37.8 Å². The van der Waals surface area contributed by atoms with Crippen LogP contribution in [0, 0.1) is 5.92 Å². The molecule has 1 unspecified atom stereocenters. The highest BCUT2D eigenvalue weighted by molar-refractivity contribution is 8.18. The highest BCUT2D eigenvalue weighted by atomic mass is 32.2. The average molecular weight is 333 g/mol. The molecule has 0 aromatic carbocycles. The lowest BCUT2D eigenvalue weighted by atomic mass is 9.98. The first kappa shape index (κ1) is 15.9. The fourth-order valence-corrected chi connectivity index (χ4v) is 3.52. The number of anilines is 1. The lowest BCUT2D eigenvalue weighted by Crippen LogP contribution is -2.39. The minimum atomic E-state index is -0.368. The van der Waals surface area contributed by atoms with E-state index >= 15 is 0 Å². The van der Waals surface area contributed by atoms with Gasteiger partial charge < -0.3 is 10.2 Å². The normalized spacial score (nSPS) is 23.4. The van der Waals surface area contributed by atoms with Crippen molar-refractivity contribution in [3.8, 4) is 0 Å². The Kier molecular flexibility index (Phi) is 4.92. The van der Waals surface area contributed by atoms with E-state index in [-0.39, 0.29) is 11.1 Å². The predicted octanol–water partition coefficient (Wildman–Crippen LogP) is 1.24. The molecule has 2 saturated heterocycles. The number of piperidine rings is 1. The van der Waals surface area contributed by atoms with Crippen molar-refractivity contribution in [3.05, 3.63) is 22.9 Å². The highest BCUT2D eigenvalue weighted by Gasteiger charge is 2.25. The average Bonchev–Trinajstić information content (AvgIpc) is 2.86. The third kappa shape index (κ3) is 3.89. The molecule has 122 valence electrons. The number of amides is 2. The molecule has 23 heavy (non-hydrogen) atoms. The largest absolute Gasteiger partial charge is 0.340 e. The first-order valence-electron chi connectivity index (χ1n) is 7.63. The molecule has 0 radical (unpaired) electrons. The van der Waals surface area contributed by atoms with Crippen molar-refractivity contribution < 1.29 is 9.59 Å². The zero-order valence-electron chi connectivity index (χ0n) is 12.9. The van der Waals surface area contributed by atoms with Crippen LogP contribution >= 0.6 is 11.8 Å². The minimum absolute atomic E-state index is 0.346. The standard InChI is InChI=1S/C15H19N5O2S/c1-16-8-10-3-2-6-20(9-10)14-17-5-4-11(18-14)7-12-13(21)19-15(22)23-12/h4-5,7,10,16H,2-3,6,8-9H2,1H3,(H,19,21,22)/b12-7-. The Balaban J connectivity index is 1.76. The molecular formula is C15H19N5O2S. The van der Waals surface area contributed by atoms with Gasteiger partial charge in [-0.05, 0) is 56.3 Å². The van der Waals surface area contributed by atoms with Gasteiger partial charge in [0.05, 0.1) is 10.6 Å². The minimum Gasteiger partial charge on any atom is -0.340 e. The van der Waals surface area contributed by atoms with E-state index < -0.39 is 0 Å². The first-order valence-corrected chi connectivity index (χ1v) is 8.45. The maximum Gasteiger partial charge on any atom is 0.290 e. The van der Waals surface area contributed by atoms with Crippen molar-refractivity contribution in [2.24, 2.45) is 5.92 Å². The Morgan fingerprint density at radius 3 is 3.13 bits per heavy atom. The maximum atomic E-state index is 11.6. The van der Waals surface area contributed by atoms with Crippen LogP contribution in [0.1, 0.15) is 18.5 Å². The number of thioether (sulfide) groups is 1. The van der Waals surface area contributed by atoms with Gasteiger partial charge in [0.15, 0.2) is 0 Å². The number of nitrogens with zero attached hydrogens (tertiary/aromatic N) is 3. The van der Waals surface area contributed by atoms with Crippen molar-refractivity contribution >= 4 is 34.9 Å². The van der Waals surface area contributed by atoms with Crippen LogP contribution < -0.4 is 15.5 Å². The van der Waals surface area contributed by atoms with Crippen molar-refractivity contribution in [2.45, 2.75) is 12.8 Å². The molecule has 1 atom stereocenters. The Morgan fingerprint density at radius 1 is 1.52 bits per heavy atom. The molecule has 0 bridgehead atoms. The predicted molar refractivity (Wildman–Crippen MR) is 90.0 cm³/mol. The molecule has 1 aromatic rings. The number of imide groups is 1. The van der Waals surface area contributed by atoms with Crippen LogP contribution in [0.4, 0.5) is 10.7 Å². The molecular weight excluding hydrogens is 314 g/mol. The maximum absolute atomic E-state index is 11.6. The zero-order chi connectivity index (χ0) is 16.2. The van der Waals surface area contributed by atoms with Gasteiger partial charge in [-0.3, -0.25) is 14.9 Å². The van der Waals surface area contributed by atoms with E-state index in [2.05, 4.69) is 25.5 Å². The van der Waals surface area contributed by atoms with Gasteiger partial charge in [0.2, 0.25) is 5.95 Å². The van der Waals surface area contributed by atoms with Gasteiger partial charge in [0, 0.05) is 19.3 Å². The van der Waals surface area contributed by atoms with Crippen LogP contribution in [0.15, 0.2) is 17.2 Å². The molecule has 7 nitrogen and oxygen atoms in total. The lowest BCUT2D eigenvalue weighted by Gasteiger charge is -2.32. The second-order valence-electron chi connectivity index (χ2n) is 5.65. The summed E-state index contributed by atoms with van der Waals surface area (Å²) in [6.07, 6.45) is 5.65. The summed E-state index contributed by atoms with van der Waals surface area (Å²) < 4.78 is 0. The van der Waals surface area contributed by atoms with E-state index in [4.69, 9.17) is 0 Å². The van der Waals surface area contributed by atoms with Gasteiger partial charge >= 0.3 is 0 Å². The number of rotatable bonds is 4. The Morgan fingerprint density at radius 2 is 2.39 bits per heavy atom. The van der Waals surface area contributed by atoms with Crippen LogP contribution in [-0.2, 0) is 4.79 Å². The van der Waals surface area contributed by atoms with Crippen molar-refractivity contribution in [1.29, 1.82) is 0 Å². The van der Waals surface area contributed by atoms with Gasteiger partial charge in [0.25, 0.3) is 11.1 Å². The SMILES string of the molecule is CNCC1CCCN(c2nccc(/C=C3\SC(=O)NC3=O)n2)C1. The van der Waals surface area contributed by atoms with E-state index in [1.54, 1.807) is 18.3 Å². The fraction of sp³-hybridized carbons (Fsp3) is 0.467. The summed E-state index contributed by atoms with van der Waals surface area (Å²) in [4.78, 5) is 34.3. The zero-order valence-corrected chi connectivity index (χ0v) is 13.7. The van der Waals surface area contributed by atoms with Gasteiger partial charge in [-0.25, -0.2) is 9.97 Å². The highest BCUT2D eigenvalue weighted by Crippen LogP contribution is 2.26. The number of carbonyl (C=O) groups is 2. The van der Waals surface area contributed by atoms with Crippen molar-refractivity contribution in [2.75, 3.05) is 31.6 Å². The molecule has 2 aliphatic heterocycles. The second-order valence-corrected chi connectivity index (χ2v) is 6.66. The molecule has 2 aliphatic rings. The number of hydrogen-bond acceptors (Lipinski definition) is 7. The smallest absolute Gasteiger partial charge is 0.290 e. The molecule has 0 spiro atoms. The monoisotopic (exact) mass is 333 g/mol. The van der Waals surface area contributed by atoms with E-state index in [0.29, 0.717) is 22.5 Å². The van der Waals surface area contributed by atoms with E-state index in [1.165, 1.54) is 6.42 Å². The number of nitrogens with one attached hydrogen (secondary N) is 2.